The van der Waals surface area contributed by atoms with Crippen molar-refractivity contribution in [2.24, 2.45) is 4.99 Å². The van der Waals surface area contributed by atoms with Crippen LogP contribution in [-0.2, 0) is 16.0 Å². The number of aryl methyl sites for hydroxylation is 1. The van der Waals surface area contributed by atoms with Crippen LogP contribution in [0.2, 0.25) is 0 Å². The van der Waals surface area contributed by atoms with Crippen molar-refractivity contribution in [2.75, 3.05) is 0 Å². The summed E-state index contributed by atoms with van der Waals surface area (Å²) in [4.78, 5) is 16.9. The summed E-state index contributed by atoms with van der Waals surface area (Å²) < 4.78 is 5.47. The molecule has 0 unspecified atom stereocenters. The molecule has 0 N–H and O–H groups in total. The fourth-order valence-corrected chi connectivity index (χ4v) is 4.45. The van der Waals surface area contributed by atoms with Crippen LogP contribution < -0.4 is 0 Å². The molecule has 0 amide bonds. The Morgan fingerprint density at radius 2 is 1.33 bits per heavy atom. The molecule has 0 aromatic heterocycles. The first-order valence-corrected chi connectivity index (χ1v) is 13.4. The van der Waals surface area contributed by atoms with Gasteiger partial charge in [0.1, 0.15) is 0 Å². The highest BCUT2D eigenvalue weighted by molar-refractivity contribution is 6.12. The molecule has 0 bridgehead atoms. The Morgan fingerprint density at radius 3 is 1.97 bits per heavy atom. The zero-order chi connectivity index (χ0) is 25.3. The highest BCUT2D eigenvalue weighted by atomic mass is 16.6. The summed E-state index contributed by atoms with van der Waals surface area (Å²) in [6.45, 7) is 6.58. The van der Waals surface area contributed by atoms with Gasteiger partial charge in [-0.15, -0.1) is 0 Å². The van der Waals surface area contributed by atoms with Crippen LogP contribution >= 0.6 is 0 Å². The number of ether oxygens (including phenoxy) is 1. The Kier molecular flexibility index (Phi) is 8.89. The van der Waals surface area contributed by atoms with Gasteiger partial charge >= 0.3 is 5.97 Å². The first kappa shape index (κ1) is 25.6. The molecule has 1 aliphatic heterocycles. The number of aliphatic imine (C=N–C) groups is 1. The van der Waals surface area contributed by atoms with Gasteiger partial charge in [0.15, 0.2) is 5.70 Å². The molecule has 0 radical (unpaired) electrons. The van der Waals surface area contributed by atoms with Crippen LogP contribution in [-0.4, -0.2) is 11.9 Å². The van der Waals surface area contributed by atoms with Crippen LogP contribution in [0.5, 0.6) is 0 Å². The minimum absolute atomic E-state index is 0.326. The van der Waals surface area contributed by atoms with Gasteiger partial charge in [0.2, 0.25) is 5.90 Å². The second-order valence-electron chi connectivity index (χ2n) is 9.95. The number of hydrogen-bond acceptors (Lipinski definition) is 3. The number of benzene rings is 3. The molecule has 3 aromatic rings. The van der Waals surface area contributed by atoms with Gasteiger partial charge in [-0.25, -0.2) is 9.79 Å². The standard InChI is InChI=1S/C33H37NO2/c1-4-5-6-7-8-9-10-25-11-17-28(18-12-25)29-19-21-30(22-20-29)32-34-31(33(35)36-32)23-26-13-15-27(16-14-26)24(2)3/h11-24H,4-10H2,1-3H3. The van der Waals surface area contributed by atoms with Gasteiger partial charge in [-0.05, 0) is 64.8 Å². The summed E-state index contributed by atoms with van der Waals surface area (Å²) in [6.07, 6.45) is 10.9. The zero-order valence-electron chi connectivity index (χ0n) is 21.8. The Hall–Kier alpha value is -3.46. The third kappa shape index (κ3) is 6.81. The molecule has 186 valence electrons. The molecule has 3 heteroatoms. The van der Waals surface area contributed by atoms with E-state index in [1.54, 1.807) is 6.08 Å². The zero-order valence-corrected chi connectivity index (χ0v) is 21.8. The van der Waals surface area contributed by atoms with Crippen LogP contribution in [0.1, 0.15) is 87.5 Å². The number of carbonyl (C=O) groups excluding carboxylic acids is 1. The van der Waals surface area contributed by atoms with Gasteiger partial charge in [-0.3, -0.25) is 0 Å². The number of nitrogens with zero attached hydrogens (tertiary/aromatic N) is 1. The molecule has 0 fully saturated rings. The van der Waals surface area contributed by atoms with E-state index < -0.39 is 5.97 Å². The molecular formula is C33H37NO2. The average Bonchev–Trinajstić information content (AvgIpc) is 3.27. The van der Waals surface area contributed by atoms with Crippen molar-refractivity contribution in [3.8, 4) is 11.1 Å². The normalized spacial score (nSPS) is 14.4. The van der Waals surface area contributed by atoms with Gasteiger partial charge in [0.05, 0.1) is 0 Å². The monoisotopic (exact) mass is 479 g/mol. The molecule has 0 atom stereocenters. The molecule has 0 aliphatic carbocycles. The van der Waals surface area contributed by atoms with Gasteiger partial charge in [-0.1, -0.05) is 114 Å². The Labute approximate surface area is 215 Å². The maximum absolute atomic E-state index is 12.4. The number of rotatable bonds is 11. The largest absolute Gasteiger partial charge is 0.402 e. The summed E-state index contributed by atoms with van der Waals surface area (Å²) in [5.41, 5.74) is 7.04. The lowest BCUT2D eigenvalue weighted by Gasteiger charge is -2.06. The SMILES string of the molecule is CCCCCCCCc1ccc(-c2ccc(C3=NC(=Cc4ccc(C(C)C)cc4)C(=O)O3)cc2)cc1. The summed E-state index contributed by atoms with van der Waals surface area (Å²) in [7, 11) is 0. The van der Waals surface area contributed by atoms with Crippen LogP contribution in [0.3, 0.4) is 0 Å². The van der Waals surface area contributed by atoms with E-state index in [2.05, 4.69) is 74.3 Å². The van der Waals surface area contributed by atoms with E-state index in [9.17, 15) is 4.79 Å². The predicted molar refractivity (Wildman–Crippen MR) is 150 cm³/mol. The van der Waals surface area contributed by atoms with Crippen molar-refractivity contribution < 1.29 is 9.53 Å². The number of unbranched alkanes of at least 4 members (excludes halogenated alkanes) is 5. The fraction of sp³-hybridized carbons (Fsp3) is 0.333. The number of esters is 1. The van der Waals surface area contributed by atoms with E-state index >= 15 is 0 Å². The molecule has 0 spiro atoms. The topological polar surface area (TPSA) is 38.7 Å². The van der Waals surface area contributed by atoms with Crippen molar-refractivity contribution in [1.29, 1.82) is 0 Å². The van der Waals surface area contributed by atoms with E-state index in [-0.39, 0.29) is 0 Å². The maximum Gasteiger partial charge on any atom is 0.363 e. The van der Waals surface area contributed by atoms with Crippen LogP contribution in [0.15, 0.2) is 83.5 Å². The van der Waals surface area contributed by atoms with Crippen LogP contribution in [0.25, 0.3) is 17.2 Å². The third-order valence-corrected chi connectivity index (χ3v) is 6.77. The highest BCUT2D eigenvalue weighted by Crippen LogP contribution is 2.24. The van der Waals surface area contributed by atoms with E-state index in [4.69, 9.17) is 4.74 Å². The van der Waals surface area contributed by atoms with Crippen molar-refractivity contribution in [3.63, 3.8) is 0 Å². The lowest BCUT2D eigenvalue weighted by molar-refractivity contribution is -0.129. The lowest BCUT2D eigenvalue weighted by Crippen LogP contribution is -2.05. The molecule has 4 rings (SSSR count). The molecule has 1 heterocycles. The molecule has 0 saturated carbocycles. The highest BCUT2D eigenvalue weighted by Gasteiger charge is 2.24. The first-order chi connectivity index (χ1) is 17.5. The first-order valence-electron chi connectivity index (χ1n) is 13.4. The minimum Gasteiger partial charge on any atom is -0.402 e. The summed E-state index contributed by atoms with van der Waals surface area (Å²) in [6, 6.07) is 25.1. The molecule has 3 aromatic carbocycles. The number of hydrogen-bond donors (Lipinski definition) is 0. The Bertz CT molecular complexity index is 1200. The summed E-state index contributed by atoms with van der Waals surface area (Å²) in [5, 5.41) is 0. The smallest absolute Gasteiger partial charge is 0.363 e. The number of cyclic esters (lactones) is 1. The van der Waals surface area contributed by atoms with Gasteiger partial charge in [-0.2, -0.15) is 0 Å². The summed E-state index contributed by atoms with van der Waals surface area (Å²) >= 11 is 0. The lowest BCUT2D eigenvalue weighted by atomic mass is 10.00. The van der Waals surface area contributed by atoms with Gasteiger partial charge < -0.3 is 4.74 Å². The van der Waals surface area contributed by atoms with Crippen molar-refractivity contribution in [2.45, 2.75) is 71.6 Å². The molecule has 0 saturated heterocycles. The van der Waals surface area contributed by atoms with Crippen molar-refractivity contribution >= 4 is 17.9 Å². The Balaban J connectivity index is 1.37. The third-order valence-electron chi connectivity index (χ3n) is 6.77. The Morgan fingerprint density at radius 1 is 0.750 bits per heavy atom. The molecule has 1 aliphatic rings. The molecule has 36 heavy (non-hydrogen) atoms. The van der Waals surface area contributed by atoms with Crippen molar-refractivity contribution in [1.82, 2.24) is 0 Å². The fourth-order valence-electron chi connectivity index (χ4n) is 4.45. The van der Waals surface area contributed by atoms with E-state index in [1.807, 2.05) is 24.3 Å². The minimum atomic E-state index is -0.414. The van der Waals surface area contributed by atoms with Crippen LogP contribution in [0, 0.1) is 0 Å². The number of carbonyl (C=O) groups is 1. The van der Waals surface area contributed by atoms with Gasteiger partial charge in [0.25, 0.3) is 0 Å². The van der Waals surface area contributed by atoms with E-state index in [0.29, 0.717) is 17.5 Å². The van der Waals surface area contributed by atoms with E-state index in [0.717, 1.165) is 23.1 Å². The maximum atomic E-state index is 12.4. The van der Waals surface area contributed by atoms with Gasteiger partial charge in [0, 0.05) is 5.56 Å². The van der Waals surface area contributed by atoms with E-state index in [1.165, 1.54) is 55.2 Å². The molecule has 3 nitrogen and oxygen atoms in total. The average molecular weight is 480 g/mol. The van der Waals surface area contributed by atoms with Crippen LogP contribution in [0.4, 0.5) is 0 Å². The quantitative estimate of drug-likeness (QED) is 0.157. The summed E-state index contributed by atoms with van der Waals surface area (Å²) in [5.74, 6) is 0.410. The van der Waals surface area contributed by atoms with Crippen molar-refractivity contribution in [3.05, 3.63) is 101 Å². The second-order valence-corrected chi connectivity index (χ2v) is 9.95. The second kappa shape index (κ2) is 12.5. The predicted octanol–water partition coefficient (Wildman–Crippen LogP) is 8.72. The molecular weight excluding hydrogens is 442 g/mol.